The highest BCUT2D eigenvalue weighted by Crippen LogP contribution is 2.25. The average Bonchev–Trinajstić information content (AvgIpc) is 2.67. The van der Waals surface area contributed by atoms with E-state index in [2.05, 4.69) is 0 Å². The first kappa shape index (κ1) is 11.9. The molecule has 2 N–H and O–H groups in total. The van der Waals surface area contributed by atoms with Gasteiger partial charge in [0.15, 0.2) is 0 Å². The van der Waals surface area contributed by atoms with Gasteiger partial charge in [-0.1, -0.05) is 18.2 Å². The number of hydrogen-bond donors (Lipinski definition) is 2. The molecule has 0 aliphatic rings. The molecular formula is C13H11NO4. The molecule has 0 amide bonds. The summed E-state index contributed by atoms with van der Waals surface area (Å²) in [7, 11) is 1.80. The third-order valence-electron chi connectivity index (χ3n) is 2.65. The van der Waals surface area contributed by atoms with Gasteiger partial charge in [0.25, 0.3) is 5.78 Å². The number of aryl methyl sites for hydroxylation is 1. The summed E-state index contributed by atoms with van der Waals surface area (Å²) in [4.78, 5) is 21.5. The van der Waals surface area contributed by atoms with Crippen molar-refractivity contribution < 1.29 is 19.8 Å². The Morgan fingerprint density at radius 2 is 1.89 bits per heavy atom. The summed E-state index contributed by atoms with van der Waals surface area (Å²) in [6.45, 7) is 0. The lowest BCUT2D eigenvalue weighted by molar-refractivity contribution is -0.146. The molecule has 2 rings (SSSR count). The van der Waals surface area contributed by atoms with E-state index in [0.717, 1.165) is 10.9 Å². The Balaban J connectivity index is 2.55. The lowest BCUT2D eigenvalue weighted by Gasteiger charge is -1.96. The van der Waals surface area contributed by atoms with Crippen molar-refractivity contribution in [2.24, 2.45) is 7.05 Å². The number of para-hydroxylation sites is 1. The molecule has 0 fully saturated rings. The van der Waals surface area contributed by atoms with Crippen LogP contribution in [0.5, 0.6) is 0 Å². The topological polar surface area (TPSA) is 79.5 Å². The van der Waals surface area contributed by atoms with E-state index < -0.39 is 11.8 Å². The minimum absolute atomic E-state index is 0.348. The van der Waals surface area contributed by atoms with Gasteiger partial charge in [0, 0.05) is 35.8 Å². The number of carbonyl (C=O) groups excluding carboxylic acids is 1. The second-order valence-electron chi connectivity index (χ2n) is 3.87. The van der Waals surface area contributed by atoms with Crippen molar-refractivity contribution in [1.82, 2.24) is 4.57 Å². The van der Waals surface area contributed by atoms with Crippen LogP contribution in [0.4, 0.5) is 0 Å². The molecule has 1 aromatic carbocycles. The SMILES string of the molecule is Cn1cc(/C(O)=C/C(=O)C(=O)O)c2ccccc21. The van der Waals surface area contributed by atoms with E-state index in [1.54, 1.807) is 29.9 Å². The molecule has 0 saturated heterocycles. The van der Waals surface area contributed by atoms with Crippen LogP contribution in [-0.2, 0) is 16.6 Å². The first-order valence-electron chi connectivity index (χ1n) is 5.23. The molecule has 0 saturated carbocycles. The summed E-state index contributed by atoms with van der Waals surface area (Å²) >= 11 is 0. The van der Waals surface area contributed by atoms with Crippen molar-refractivity contribution in [3.05, 3.63) is 42.1 Å². The summed E-state index contributed by atoms with van der Waals surface area (Å²) in [5.74, 6) is -3.10. The van der Waals surface area contributed by atoms with Gasteiger partial charge < -0.3 is 14.8 Å². The fourth-order valence-corrected chi connectivity index (χ4v) is 1.81. The first-order valence-corrected chi connectivity index (χ1v) is 5.23. The number of carboxylic acid groups (broad SMARTS) is 1. The summed E-state index contributed by atoms with van der Waals surface area (Å²) in [5.41, 5.74) is 1.32. The molecule has 1 heterocycles. The number of aliphatic hydroxyl groups excluding tert-OH is 1. The van der Waals surface area contributed by atoms with Crippen LogP contribution in [0.15, 0.2) is 36.5 Å². The van der Waals surface area contributed by atoms with Gasteiger partial charge in [-0.2, -0.15) is 0 Å². The van der Waals surface area contributed by atoms with Crippen LogP contribution in [0.1, 0.15) is 5.56 Å². The summed E-state index contributed by atoms with van der Waals surface area (Å²) in [6.07, 6.45) is 2.36. The van der Waals surface area contributed by atoms with E-state index in [-0.39, 0.29) is 5.76 Å². The van der Waals surface area contributed by atoms with Gasteiger partial charge in [0.1, 0.15) is 5.76 Å². The lowest BCUT2D eigenvalue weighted by Crippen LogP contribution is -2.09. The van der Waals surface area contributed by atoms with Crippen LogP contribution in [0.2, 0.25) is 0 Å². The highest BCUT2D eigenvalue weighted by Gasteiger charge is 2.14. The second kappa shape index (κ2) is 4.37. The predicted octanol–water partition coefficient (Wildman–Crippen LogP) is 1.73. The normalized spacial score (nSPS) is 11.7. The minimum atomic E-state index is -1.60. The number of carbonyl (C=O) groups is 2. The molecule has 2 aromatic rings. The van der Waals surface area contributed by atoms with Crippen molar-refractivity contribution in [2.45, 2.75) is 0 Å². The smallest absolute Gasteiger partial charge is 0.376 e. The lowest BCUT2D eigenvalue weighted by atomic mass is 10.1. The van der Waals surface area contributed by atoms with E-state index in [9.17, 15) is 14.7 Å². The Kier molecular flexibility index (Phi) is 2.89. The summed E-state index contributed by atoms with van der Waals surface area (Å²) in [5, 5.41) is 19.1. The molecule has 5 nitrogen and oxygen atoms in total. The van der Waals surface area contributed by atoms with Crippen molar-refractivity contribution >= 4 is 28.4 Å². The van der Waals surface area contributed by atoms with Crippen molar-refractivity contribution in [3.63, 3.8) is 0 Å². The Morgan fingerprint density at radius 1 is 1.22 bits per heavy atom. The molecule has 0 spiro atoms. The standard InChI is InChI=1S/C13H11NO4/c1-14-7-9(8-4-2-3-5-10(8)14)11(15)6-12(16)13(17)18/h2-7,15H,1H3,(H,17,18)/b11-6-. The maximum Gasteiger partial charge on any atom is 0.376 e. The van der Waals surface area contributed by atoms with Gasteiger partial charge in [-0.05, 0) is 6.07 Å². The molecule has 0 radical (unpaired) electrons. The van der Waals surface area contributed by atoms with E-state index in [0.29, 0.717) is 11.6 Å². The van der Waals surface area contributed by atoms with Gasteiger partial charge in [-0.15, -0.1) is 0 Å². The van der Waals surface area contributed by atoms with Gasteiger partial charge in [0.05, 0.1) is 0 Å². The minimum Gasteiger partial charge on any atom is -0.507 e. The van der Waals surface area contributed by atoms with Crippen molar-refractivity contribution in [2.75, 3.05) is 0 Å². The van der Waals surface area contributed by atoms with E-state index in [1.165, 1.54) is 0 Å². The van der Waals surface area contributed by atoms with Gasteiger partial charge in [-0.25, -0.2) is 4.79 Å². The zero-order valence-electron chi connectivity index (χ0n) is 9.62. The fourth-order valence-electron chi connectivity index (χ4n) is 1.81. The van der Waals surface area contributed by atoms with Crippen LogP contribution in [-0.4, -0.2) is 26.5 Å². The van der Waals surface area contributed by atoms with E-state index in [1.807, 2.05) is 12.1 Å². The number of ketones is 1. The zero-order valence-corrected chi connectivity index (χ0v) is 9.62. The summed E-state index contributed by atoms with van der Waals surface area (Å²) in [6, 6.07) is 7.32. The molecule has 92 valence electrons. The van der Waals surface area contributed by atoms with Crippen molar-refractivity contribution in [3.8, 4) is 0 Å². The van der Waals surface area contributed by atoms with E-state index >= 15 is 0 Å². The molecular weight excluding hydrogens is 234 g/mol. The highest BCUT2D eigenvalue weighted by molar-refractivity contribution is 6.38. The Labute approximate surface area is 103 Å². The molecule has 0 aliphatic heterocycles. The highest BCUT2D eigenvalue weighted by atomic mass is 16.4. The second-order valence-corrected chi connectivity index (χ2v) is 3.87. The van der Waals surface area contributed by atoms with Crippen LogP contribution in [0.25, 0.3) is 16.7 Å². The number of nitrogens with zero attached hydrogens (tertiary/aromatic N) is 1. The monoisotopic (exact) mass is 245 g/mol. The Hall–Kier alpha value is -2.56. The maximum absolute atomic E-state index is 11.0. The average molecular weight is 245 g/mol. The van der Waals surface area contributed by atoms with Gasteiger partial charge >= 0.3 is 5.97 Å². The fraction of sp³-hybridized carbons (Fsp3) is 0.0769. The molecule has 0 atom stereocenters. The predicted molar refractivity (Wildman–Crippen MR) is 66.2 cm³/mol. The van der Waals surface area contributed by atoms with Crippen LogP contribution >= 0.6 is 0 Å². The number of fused-ring (bicyclic) bond motifs is 1. The molecule has 0 aliphatic carbocycles. The number of hydrogen-bond acceptors (Lipinski definition) is 3. The molecule has 0 unspecified atom stereocenters. The van der Waals surface area contributed by atoms with Crippen LogP contribution in [0.3, 0.4) is 0 Å². The summed E-state index contributed by atoms with van der Waals surface area (Å²) < 4.78 is 1.79. The third kappa shape index (κ3) is 1.98. The maximum atomic E-state index is 11.0. The van der Waals surface area contributed by atoms with Gasteiger partial charge in [0.2, 0.25) is 0 Å². The molecule has 0 bridgehead atoms. The third-order valence-corrected chi connectivity index (χ3v) is 2.65. The number of aliphatic carboxylic acids is 1. The Morgan fingerprint density at radius 3 is 2.56 bits per heavy atom. The zero-order chi connectivity index (χ0) is 13.3. The number of rotatable bonds is 3. The van der Waals surface area contributed by atoms with Crippen LogP contribution in [0, 0.1) is 0 Å². The quantitative estimate of drug-likeness (QED) is 0.490. The van der Waals surface area contributed by atoms with Crippen LogP contribution < -0.4 is 0 Å². The molecule has 1 aromatic heterocycles. The number of aliphatic hydroxyl groups is 1. The first-order chi connectivity index (χ1) is 8.50. The number of carboxylic acids is 1. The molecule has 18 heavy (non-hydrogen) atoms. The number of benzene rings is 1. The van der Waals surface area contributed by atoms with Crippen molar-refractivity contribution in [1.29, 1.82) is 0 Å². The van der Waals surface area contributed by atoms with E-state index in [4.69, 9.17) is 5.11 Å². The number of aromatic nitrogens is 1. The van der Waals surface area contributed by atoms with Gasteiger partial charge in [-0.3, -0.25) is 4.79 Å². The Bertz CT molecular complexity index is 667. The molecule has 5 heteroatoms. The largest absolute Gasteiger partial charge is 0.507 e.